The minimum absolute atomic E-state index is 0.0377. The topological polar surface area (TPSA) is 55.6 Å². The molecule has 2 heterocycles. The number of methoxy groups -OCH3 is 1. The first kappa shape index (κ1) is 18.5. The summed E-state index contributed by atoms with van der Waals surface area (Å²) in [4.78, 5) is 17.9. The van der Waals surface area contributed by atoms with Crippen molar-refractivity contribution in [2.45, 2.75) is 13.0 Å². The summed E-state index contributed by atoms with van der Waals surface area (Å²) in [5, 5.41) is 5.62. The number of carbonyl (C=O) groups is 1. The Kier molecular flexibility index (Phi) is 5.32. The zero-order valence-corrected chi connectivity index (χ0v) is 16.8. The number of rotatable bonds is 6. The number of aromatic nitrogens is 2. The Hall–Kier alpha value is -2.83. The number of halogens is 1. The molecule has 0 fully saturated rings. The first-order valence-electron chi connectivity index (χ1n) is 8.73. The van der Waals surface area contributed by atoms with E-state index >= 15 is 0 Å². The molecule has 4 rings (SSSR count). The predicted octanol–water partition coefficient (Wildman–Crippen LogP) is 4.58. The first-order valence-corrected chi connectivity index (χ1v) is 9.99. The molecule has 7 heteroatoms. The number of hydrogen-bond acceptors (Lipinski definition) is 4. The van der Waals surface area contributed by atoms with E-state index in [9.17, 15) is 4.79 Å². The van der Waals surface area contributed by atoms with Crippen LogP contribution in [-0.2, 0) is 17.8 Å². The number of amides is 1. The van der Waals surface area contributed by atoms with Crippen LogP contribution in [0.3, 0.4) is 0 Å². The fraction of sp³-hybridized carbons (Fsp3) is 0.143. The third-order valence-electron chi connectivity index (χ3n) is 4.39. The Morgan fingerprint density at radius 2 is 2.07 bits per heavy atom. The van der Waals surface area contributed by atoms with E-state index in [0.29, 0.717) is 18.0 Å². The van der Waals surface area contributed by atoms with Gasteiger partial charge in [0.1, 0.15) is 5.75 Å². The minimum Gasteiger partial charge on any atom is -0.497 e. The monoisotopic (exact) mass is 411 g/mol. The van der Waals surface area contributed by atoms with E-state index in [0.717, 1.165) is 33.2 Å². The maximum atomic E-state index is 12.4. The van der Waals surface area contributed by atoms with Crippen LogP contribution >= 0.6 is 22.9 Å². The highest BCUT2D eigenvalue weighted by molar-refractivity contribution is 7.15. The van der Waals surface area contributed by atoms with Gasteiger partial charge in [0.25, 0.3) is 0 Å². The fourth-order valence-electron chi connectivity index (χ4n) is 2.93. The Morgan fingerprint density at radius 1 is 1.25 bits per heavy atom. The summed E-state index contributed by atoms with van der Waals surface area (Å²) < 4.78 is 7.18. The van der Waals surface area contributed by atoms with Crippen molar-refractivity contribution >= 4 is 33.8 Å². The highest BCUT2D eigenvalue weighted by Crippen LogP contribution is 2.25. The van der Waals surface area contributed by atoms with E-state index in [2.05, 4.69) is 10.3 Å². The normalized spacial score (nSPS) is 10.9. The number of ether oxygens (including phenoxy) is 1. The van der Waals surface area contributed by atoms with Gasteiger partial charge in [-0.25, -0.2) is 4.98 Å². The highest BCUT2D eigenvalue weighted by Gasteiger charge is 2.12. The highest BCUT2D eigenvalue weighted by atomic mass is 35.5. The van der Waals surface area contributed by atoms with E-state index in [4.69, 9.17) is 16.3 Å². The second-order valence-corrected chi connectivity index (χ2v) is 7.59. The molecule has 0 spiro atoms. The molecule has 0 aliphatic rings. The lowest BCUT2D eigenvalue weighted by Crippen LogP contribution is -2.25. The van der Waals surface area contributed by atoms with Crippen molar-refractivity contribution in [2.75, 3.05) is 7.11 Å². The molecule has 28 heavy (non-hydrogen) atoms. The molecule has 4 aromatic rings. The van der Waals surface area contributed by atoms with Gasteiger partial charge in [-0.2, -0.15) is 0 Å². The molecule has 0 unspecified atom stereocenters. The number of fused-ring (bicyclic) bond motifs is 1. The second kappa shape index (κ2) is 8.04. The number of benzene rings is 2. The third-order valence-corrected chi connectivity index (χ3v) is 5.53. The molecule has 0 atom stereocenters. The van der Waals surface area contributed by atoms with Crippen molar-refractivity contribution < 1.29 is 9.53 Å². The van der Waals surface area contributed by atoms with E-state index in [1.165, 1.54) is 11.3 Å². The molecule has 2 aromatic heterocycles. The lowest BCUT2D eigenvalue weighted by molar-refractivity contribution is -0.120. The van der Waals surface area contributed by atoms with Gasteiger partial charge in [-0.3, -0.25) is 9.20 Å². The van der Waals surface area contributed by atoms with Crippen molar-refractivity contribution in [1.82, 2.24) is 14.7 Å². The molecule has 142 valence electrons. The molecule has 2 aromatic carbocycles. The van der Waals surface area contributed by atoms with E-state index in [-0.39, 0.29) is 5.91 Å². The van der Waals surface area contributed by atoms with Gasteiger partial charge in [0.2, 0.25) is 5.91 Å². The van der Waals surface area contributed by atoms with Crippen LogP contribution in [-0.4, -0.2) is 22.4 Å². The van der Waals surface area contributed by atoms with Crippen molar-refractivity contribution in [1.29, 1.82) is 0 Å². The molecule has 1 amide bonds. The molecule has 0 aliphatic heterocycles. The maximum Gasteiger partial charge on any atom is 0.226 e. The summed E-state index contributed by atoms with van der Waals surface area (Å²) in [7, 11) is 1.63. The van der Waals surface area contributed by atoms with Crippen LogP contribution in [0.1, 0.15) is 11.3 Å². The van der Waals surface area contributed by atoms with Crippen molar-refractivity contribution in [3.05, 3.63) is 76.4 Å². The zero-order valence-electron chi connectivity index (χ0n) is 15.2. The predicted molar refractivity (Wildman–Crippen MR) is 112 cm³/mol. The molecular weight excluding hydrogens is 394 g/mol. The molecule has 0 bridgehead atoms. The van der Waals surface area contributed by atoms with Crippen LogP contribution in [0.4, 0.5) is 0 Å². The minimum atomic E-state index is -0.0377. The van der Waals surface area contributed by atoms with Gasteiger partial charge in [-0.05, 0) is 29.8 Å². The van der Waals surface area contributed by atoms with Gasteiger partial charge >= 0.3 is 0 Å². The Labute approximate surface area is 171 Å². The number of nitrogens with zero attached hydrogens (tertiary/aromatic N) is 2. The number of thiazole rings is 1. The third kappa shape index (κ3) is 4.03. The summed E-state index contributed by atoms with van der Waals surface area (Å²) in [6.07, 6.45) is 2.25. The Balaban J connectivity index is 1.45. The molecule has 0 saturated carbocycles. The van der Waals surface area contributed by atoms with Gasteiger partial charge in [-0.15, -0.1) is 11.3 Å². The van der Waals surface area contributed by atoms with Gasteiger partial charge < -0.3 is 10.1 Å². The van der Waals surface area contributed by atoms with Gasteiger partial charge in [0.15, 0.2) is 4.96 Å². The van der Waals surface area contributed by atoms with Crippen molar-refractivity contribution in [3.8, 4) is 17.0 Å². The van der Waals surface area contributed by atoms with Crippen LogP contribution in [0.15, 0.2) is 60.1 Å². The summed E-state index contributed by atoms with van der Waals surface area (Å²) >= 11 is 7.48. The smallest absolute Gasteiger partial charge is 0.226 e. The standard InChI is InChI=1S/C21H18ClN3O2S/c1-27-18-4-2-3-14(9-18)11-23-20(26)10-17-13-28-21-24-19(12-25(17)21)15-5-7-16(22)8-6-15/h2-9,12-13H,10-11H2,1H3,(H,23,26). The molecule has 5 nitrogen and oxygen atoms in total. The second-order valence-electron chi connectivity index (χ2n) is 6.32. The van der Waals surface area contributed by atoms with Gasteiger partial charge in [0, 0.05) is 34.4 Å². The zero-order chi connectivity index (χ0) is 19.5. The number of nitrogens with one attached hydrogen (secondary N) is 1. The lowest BCUT2D eigenvalue weighted by atomic mass is 10.2. The van der Waals surface area contributed by atoms with Crippen LogP contribution in [0.2, 0.25) is 5.02 Å². The molecular formula is C21H18ClN3O2S. The SMILES string of the molecule is COc1cccc(CNC(=O)Cc2csc3nc(-c4ccc(Cl)cc4)cn23)c1. The van der Waals surface area contributed by atoms with Crippen LogP contribution in [0.5, 0.6) is 5.75 Å². The fourth-order valence-corrected chi connectivity index (χ4v) is 3.93. The summed E-state index contributed by atoms with van der Waals surface area (Å²) in [6.45, 7) is 0.462. The largest absolute Gasteiger partial charge is 0.497 e. The van der Waals surface area contributed by atoms with Crippen molar-refractivity contribution in [2.24, 2.45) is 0 Å². The van der Waals surface area contributed by atoms with Crippen LogP contribution in [0, 0.1) is 0 Å². The van der Waals surface area contributed by atoms with Crippen LogP contribution in [0.25, 0.3) is 16.2 Å². The molecule has 0 aliphatic carbocycles. The number of hydrogen-bond donors (Lipinski definition) is 1. The number of carbonyl (C=O) groups excluding carboxylic acids is 1. The molecule has 0 radical (unpaired) electrons. The lowest BCUT2D eigenvalue weighted by Gasteiger charge is -2.07. The number of imidazole rings is 1. The van der Waals surface area contributed by atoms with E-state index in [1.54, 1.807) is 7.11 Å². The Bertz CT molecular complexity index is 1120. The summed E-state index contributed by atoms with van der Waals surface area (Å²) in [5.74, 6) is 0.740. The quantitative estimate of drug-likeness (QED) is 0.505. The average molecular weight is 412 g/mol. The Morgan fingerprint density at radius 3 is 2.86 bits per heavy atom. The van der Waals surface area contributed by atoms with E-state index in [1.807, 2.05) is 64.5 Å². The molecule has 1 N–H and O–H groups in total. The van der Waals surface area contributed by atoms with Gasteiger partial charge in [0.05, 0.1) is 19.2 Å². The van der Waals surface area contributed by atoms with Crippen molar-refractivity contribution in [3.63, 3.8) is 0 Å². The van der Waals surface area contributed by atoms with E-state index < -0.39 is 0 Å². The first-order chi connectivity index (χ1) is 13.6. The summed E-state index contributed by atoms with van der Waals surface area (Å²) in [5.41, 5.74) is 3.77. The maximum absolute atomic E-state index is 12.4. The average Bonchev–Trinajstić information content (AvgIpc) is 3.29. The summed E-state index contributed by atoms with van der Waals surface area (Å²) in [6, 6.07) is 15.2. The van der Waals surface area contributed by atoms with Gasteiger partial charge in [-0.1, -0.05) is 35.9 Å². The van der Waals surface area contributed by atoms with Crippen LogP contribution < -0.4 is 10.1 Å². The molecule has 0 saturated heterocycles.